The molecule has 0 saturated heterocycles. The van der Waals surface area contributed by atoms with Crippen LogP contribution in [0.4, 0.5) is 13.2 Å². The molecule has 0 amide bonds. The molecule has 0 aliphatic heterocycles. The number of alkyl halides is 3. The summed E-state index contributed by atoms with van der Waals surface area (Å²) in [6.07, 6.45) is -4.85. The Hall–Kier alpha value is -1.48. The van der Waals surface area contributed by atoms with Crippen molar-refractivity contribution in [2.45, 2.75) is 11.6 Å². The highest BCUT2D eigenvalue weighted by Gasteiger charge is 2.31. The van der Waals surface area contributed by atoms with Crippen molar-refractivity contribution in [2.75, 3.05) is 0 Å². The lowest BCUT2D eigenvalue weighted by Gasteiger charge is -2.07. The van der Waals surface area contributed by atoms with Gasteiger partial charge in [-0.1, -0.05) is 0 Å². The van der Waals surface area contributed by atoms with Crippen molar-refractivity contribution >= 4 is 30.8 Å². The molecule has 0 fully saturated rings. The van der Waals surface area contributed by atoms with E-state index in [4.69, 9.17) is 15.1 Å². The normalized spacial score (nSPS) is 12.9. The lowest BCUT2D eigenvalue weighted by Crippen LogP contribution is -2.16. The molecule has 0 unspecified atom stereocenters. The number of oxazole rings is 1. The van der Waals surface area contributed by atoms with Crippen LogP contribution in [0.2, 0.25) is 0 Å². The first kappa shape index (κ1) is 13.0. The number of ether oxygens (including phenoxy) is 1. The summed E-state index contributed by atoms with van der Waals surface area (Å²) in [4.78, 5) is 3.44. The van der Waals surface area contributed by atoms with Gasteiger partial charge in [0.2, 0.25) is 0 Å². The summed E-state index contributed by atoms with van der Waals surface area (Å²) in [5.74, 6) is -0.540. The van der Waals surface area contributed by atoms with Gasteiger partial charge in [-0.2, -0.15) is 4.98 Å². The summed E-state index contributed by atoms with van der Waals surface area (Å²) in [5.41, 5.74) is -0.139. The molecule has 0 atom stereocenters. The van der Waals surface area contributed by atoms with Crippen molar-refractivity contribution in [2.24, 2.45) is 0 Å². The van der Waals surface area contributed by atoms with E-state index >= 15 is 0 Å². The summed E-state index contributed by atoms with van der Waals surface area (Å²) in [5, 5.41) is -0.789. The predicted molar refractivity (Wildman–Crippen MR) is 53.7 cm³/mol. The molecule has 2 rings (SSSR count). The average molecular weight is 302 g/mol. The number of hydrogen-bond acceptors (Lipinski definition) is 5. The molecule has 1 aromatic heterocycles. The van der Waals surface area contributed by atoms with Gasteiger partial charge in [0.05, 0.1) is 0 Å². The van der Waals surface area contributed by atoms with Crippen LogP contribution in [0.15, 0.2) is 27.8 Å². The maximum absolute atomic E-state index is 12.0. The van der Waals surface area contributed by atoms with Crippen LogP contribution in [0.5, 0.6) is 5.75 Å². The highest BCUT2D eigenvalue weighted by molar-refractivity contribution is 8.13. The molecule has 0 spiro atoms. The van der Waals surface area contributed by atoms with Crippen LogP contribution < -0.4 is 4.74 Å². The molecule has 18 heavy (non-hydrogen) atoms. The third-order valence-corrected chi connectivity index (χ3v) is 2.77. The molecule has 10 heteroatoms. The number of fused-ring (bicyclic) bond motifs is 1. The Kier molecular flexibility index (Phi) is 2.90. The zero-order valence-corrected chi connectivity index (χ0v) is 9.80. The van der Waals surface area contributed by atoms with Crippen LogP contribution in [-0.2, 0) is 9.05 Å². The molecule has 1 heterocycles. The van der Waals surface area contributed by atoms with Gasteiger partial charge in [0.15, 0.2) is 5.58 Å². The molecule has 1 aromatic carbocycles. The van der Waals surface area contributed by atoms with Gasteiger partial charge < -0.3 is 9.15 Å². The topological polar surface area (TPSA) is 69.4 Å². The van der Waals surface area contributed by atoms with Crippen LogP contribution in [0.1, 0.15) is 0 Å². The fourth-order valence-electron chi connectivity index (χ4n) is 1.19. The van der Waals surface area contributed by atoms with Crippen molar-refractivity contribution in [3.8, 4) is 5.75 Å². The van der Waals surface area contributed by atoms with Crippen molar-refractivity contribution in [1.82, 2.24) is 4.98 Å². The Balaban J connectivity index is 2.46. The van der Waals surface area contributed by atoms with E-state index in [1.54, 1.807) is 0 Å². The molecule has 0 aliphatic carbocycles. The molecular formula is C8H3ClF3NO4S. The molecule has 0 saturated carbocycles. The first-order valence-electron chi connectivity index (χ1n) is 4.26. The van der Waals surface area contributed by atoms with Crippen LogP contribution in [0.3, 0.4) is 0 Å². The largest absolute Gasteiger partial charge is 0.573 e. The molecule has 0 N–H and O–H groups in total. The number of rotatable bonds is 2. The lowest BCUT2D eigenvalue weighted by atomic mass is 10.3. The molecule has 2 aromatic rings. The second kappa shape index (κ2) is 4.02. The van der Waals surface area contributed by atoms with E-state index in [1.165, 1.54) is 0 Å². The van der Waals surface area contributed by atoms with Gasteiger partial charge in [0.1, 0.15) is 11.3 Å². The second-order valence-corrected chi connectivity index (χ2v) is 5.54. The van der Waals surface area contributed by atoms with E-state index in [2.05, 4.69) is 9.72 Å². The Morgan fingerprint density at radius 2 is 2.00 bits per heavy atom. The van der Waals surface area contributed by atoms with Crippen LogP contribution in [0.25, 0.3) is 11.1 Å². The van der Waals surface area contributed by atoms with Crippen LogP contribution >= 0.6 is 10.7 Å². The summed E-state index contributed by atoms with van der Waals surface area (Å²) in [6, 6.07) is 2.94. The molecule has 0 radical (unpaired) electrons. The van der Waals surface area contributed by atoms with E-state index in [1.807, 2.05) is 0 Å². The van der Waals surface area contributed by atoms with Gasteiger partial charge in [0, 0.05) is 16.7 Å². The zero-order valence-electron chi connectivity index (χ0n) is 8.23. The van der Waals surface area contributed by atoms with Crippen molar-refractivity contribution in [3.05, 3.63) is 18.2 Å². The Bertz CT molecular complexity index is 694. The van der Waals surface area contributed by atoms with Gasteiger partial charge in [0.25, 0.3) is 0 Å². The summed E-state index contributed by atoms with van der Waals surface area (Å²) in [6.45, 7) is 0. The molecular weight excluding hydrogens is 299 g/mol. The minimum absolute atomic E-state index is 0.0243. The number of hydrogen-bond donors (Lipinski definition) is 0. The zero-order chi connectivity index (χ0) is 13.6. The second-order valence-electron chi connectivity index (χ2n) is 3.09. The van der Waals surface area contributed by atoms with Gasteiger partial charge in [-0.3, -0.25) is 0 Å². The smallest absolute Gasteiger partial charge is 0.427 e. The van der Waals surface area contributed by atoms with Crippen molar-refractivity contribution in [3.63, 3.8) is 0 Å². The minimum atomic E-state index is -4.85. The predicted octanol–water partition coefficient (Wildman–Crippen LogP) is 2.65. The Labute approximate surface area is 103 Å². The van der Waals surface area contributed by atoms with E-state index in [9.17, 15) is 21.6 Å². The van der Waals surface area contributed by atoms with E-state index in [-0.39, 0.29) is 11.1 Å². The maximum Gasteiger partial charge on any atom is 0.573 e. The highest BCUT2D eigenvalue weighted by Crippen LogP contribution is 2.28. The van der Waals surface area contributed by atoms with Gasteiger partial charge in [-0.25, -0.2) is 8.42 Å². The van der Waals surface area contributed by atoms with Crippen molar-refractivity contribution in [1.29, 1.82) is 0 Å². The maximum atomic E-state index is 12.0. The van der Waals surface area contributed by atoms with Crippen LogP contribution in [0, 0.1) is 0 Å². The molecule has 5 nitrogen and oxygen atoms in total. The summed E-state index contributed by atoms with van der Waals surface area (Å²) in [7, 11) is 0.800. The Morgan fingerprint density at radius 3 is 2.56 bits per heavy atom. The fraction of sp³-hybridized carbons (Fsp3) is 0.125. The van der Waals surface area contributed by atoms with Gasteiger partial charge in [-0.05, 0) is 12.1 Å². The van der Waals surface area contributed by atoms with Gasteiger partial charge >= 0.3 is 20.6 Å². The number of halogens is 4. The number of benzene rings is 1. The SMILES string of the molecule is O=S(=O)(Cl)c1nc2cc(OC(F)(F)F)ccc2o1. The summed E-state index contributed by atoms with van der Waals surface area (Å²) < 4.78 is 66.1. The monoisotopic (exact) mass is 301 g/mol. The van der Waals surface area contributed by atoms with Crippen molar-refractivity contribution < 1.29 is 30.7 Å². The average Bonchev–Trinajstić information content (AvgIpc) is 2.57. The third-order valence-electron chi connectivity index (χ3n) is 1.78. The molecule has 0 aliphatic rings. The first-order chi connectivity index (χ1) is 8.15. The first-order valence-corrected chi connectivity index (χ1v) is 6.57. The highest BCUT2D eigenvalue weighted by atomic mass is 35.7. The summed E-state index contributed by atoms with van der Waals surface area (Å²) >= 11 is 0. The standard InChI is InChI=1S/C8H3ClF3NO4S/c9-18(14,15)7-13-5-3-4(17-8(10,11)12)1-2-6(5)16-7/h1-3H. The van der Waals surface area contributed by atoms with Crippen LogP contribution in [-0.4, -0.2) is 19.8 Å². The van der Waals surface area contributed by atoms with Gasteiger partial charge in [-0.15, -0.1) is 13.2 Å². The van der Waals surface area contributed by atoms with E-state index in [0.717, 1.165) is 18.2 Å². The number of aromatic nitrogens is 1. The van der Waals surface area contributed by atoms with E-state index < -0.39 is 26.4 Å². The number of nitrogens with zero attached hydrogens (tertiary/aromatic N) is 1. The Morgan fingerprint density at radius 1 is 1.33 bits per heavy atom. The lowest BCUT2D eigenvalue weighted by molar-refractivity contribution is -0.274. The minimum Gasteiger partial charge on any atom is -0.427 e. The third kappa shape index (κ3) is 2.85. The fourth-order valence-corrected chi connectivity index (χ4v) is 1.78. The van der Waals surface area contributed by atoms with E-state index in [0.29, 0.717) is 0 Å². The molecule has 98 valence electrons. The molecule has 0 bridgehead atoms. The quantitative estimate of drug-likeness (QED) is 0.798.